The summed E-state index contributed by atoms with van der Waals surface area (Å²) in [6, 6.07) is 8.00. The van der Waals surface area contributed by atoms with Crippen molar-refractivity contribution < 1.29 is 0 Å². The highest BCUT2D eigenvalue weighted by atomic mass is 32.1. The lowest BCUT2D eigenvalue weighted by Gasteiger charge is -2.01. The van der Waals surface area contributed by atoms with Crippen LogP contribution in [0.1, 0.15) is 0 Å². The highest BCUT2D eigenvalue weighted by Gasteiger charge is 2.10. The summed E-state index contributed by atoms with van der Waals surface area (Å²) >= 11 is 1.46. The Morgan fingerprint density at radius 1 is 1.10 bits per heavy atom. The van der Waals surface area contributed by atoms with Gasteiger partial charge in [-0.3, -0.25) is 0 Å². The average molecular weight is 282 g/mol. The monoisotopic (exact) mass is 282 g/mol. The Morgan fingerprint density at radius 3 is 2.80 bits per heavy atom. The zero-order valence-corrected chi connectivity index (χ0v) is 11.4. The van der Waals surface area contributed by atoms with Crippen LogP contribution in [0.5, 0.6) is 0 Å². The number of nitrogens with one attached hydrogen (secondary N) is 1. The van der Waals surface area contributed by atoms with Gasteiger partial charge in [0.15, 0.2) is 15.6 Å². The van der Waals surface area contributed by atoms with Crippen LogP contribution in [0.2, 0.25) is 0 Å². The number of rotatable bonds is 2. The quantitative estimate of drug-likeness (QED) is 0.612. The van der Waals surface area contributed by atoms with Crippen molar-refractivity contribution in [2.45, 2.75) is 0 Å². The zero-order chi connectivity index (χ0) is 13.5. The third-order valence-corrected chi connectivity index (χ3v) is 3.92. The number of thiazole rings is 1. The Bertz CT molecular complexity index is 876. The lowest BCUT2D eigenvalue weighted by molar-refractivity contribution is 0.957. The van der Waals surface area contributed by atoms with Gasteiger partial charge in [-0.05, 0) is 12.1 Å². The van der Waals surface area contributed by atoms with Crippen LogP contribution in [-0.4, -0.2) is 24.5 Å². The van der Waals surface area contributed by atoms with Crippen molar-refractivity contribution in [1.82, 2.24) is 24.5 Å². The maximum atomic E-state index is 4.56. The number of anilines is 2. The summed E-state index contributed by atoms with van der Waals surface area (Å²) < 4.78 is 2.00. The van der Waals surface area contributed by atoms with Gasteiger partial charge in [-0.1, -0.05) is 23.5 Å². The number of aromatic nitrogens is 5. The molecule has 0 aliphatic heterocycles. The molecule has 0 radical (unpaired) electrons. The predicted molar refractivity (Wildman–Crippen MR) is 79.2 cm³/mol. The van der Waals surface area contributed by atoms with Crippen molar-refractivity contribution in [1.29, 1.82) is 0 Å². The Labute approximate surface area is 118 Å². The van der Waals surface area contributed by atoms with Crippen LogP contribution in [0, 0.1) is 0 Å². The number of nitrogens with zero attached hydrogens (tertiary/aromatic N) is 5. The molecule has 4 rings (SSSR count). The molecular weight excluding hydrogens is 272 g/mol. The molecule has 3 heterocycles. The molecule has 0 fully saturated rings. The smallest absolute Gasteiger partial charge is 0.209 e. The van der Waals surface area contributed by atoms with Gasteiger partial charge in [0, 0.05) is 19.4 Å². The van der Waals surface area contributed by atoms with Gasteiger partial charge < -0.3 is 9.88 Å². The van der Waals surface area contributed by atoms with E-state index in [2.05, 4.69) is 25.3 Å². The molecule has 0 aliphatic rings. The summed E-state index contributed by atoms with van der Waals surface area (Å²) in [6.45, 7) is 0. The minimum atomic E-state index is 0.652. The number of fused-ring (bicyclic) bond motifs is 2. The number of para-hydroxylation sites is 2. The van der Waals surface area contributed by atoms with Gasteiger partial charge >= 0.3 is 0 Å². The standard InChI is InChI=1S/C13H10N6S/c1-19-9-5-3-2-4-8(9)16-12(19)18-13-17-10-11(20-13)15-7-6-14-10/h2-7H,1H3,(H,14,16,17,18). The normalized spacial score (nSPS) is 11.2. The molecule has 7 heteroatoms. The van der Waals surface area contributed by atoms with E-state index in [9.17, 15) is 0 Å². The van der Waals surface area contributed by atoms with E-state index in [1.807, 2.05) is 35.9 Å². The fourth-order valence-corrected chi connectivity index (χ4v) is 2.84. The van der Waals surface area contributed by atoms with E-state index < -0.39 is 0 Å². The first kappa shape index (κ1) is 11.3. The fourth-order valence-electron chi connectivity index (χ4n) is 2.08. The van der Waals surface area contributed by atoms with E-state index in [1.54, 1.807) is 12.4 Å². The minimum Gasteiger partial charge on any atom is -0.313 e. The molecule has 98 valence electrons. The molecule has 4 aromatic rings. The van der Waals surface area contributed by atoms with E-state index in [-0.39, 0.29) is 0 Å². The van der Waals surface area contributed by atoms with Crippen molar-refractivity contribution in [3.63, 3.8) is 0 Å². The molecule has 1 N–H and O–H groups in total. The van der Waals surface area contributed by atoms with Crippen LogP contribution in [0.4, 0.5) is 11.1 Å². The van der Waals surface area contributed by atoms with Gasteiger partial charge in [-0.2, -0.15) is 4.98 Å². The van der Waals surface area contributed by atoms with Crippen molar-refractivity contribution in [3.8, 4) is 0 Å². The topological polar surface area (TPSA) is 68.5 Å². The van der Waals surface area contributed by atoms with Crippen LogP contribution in [0.15, 0.2) is 36.7 Å². The van der Waals surface area contributed by atoms with Gasteiger partial charge in [-0.15, -0.1) is 0 Å². The Balaban J connectivity index is 1.78. The number of hydrogen-bond acceptors (Lipinski definition) is 6. The fraction of sp³-hybridized carbons (Fsp3) is 0.0769. The summed E-state index contributed by atoms with van der Waals surface area (Å²) in [7, 11) is 1.97. The van der Waals surface area contributed by atoms with Crippen LogP contribution < -0.4 is 5.32 Å². The highest BCUT2D eigenvalue weighted by Crippen LogP contribution is 2.26. The highest BCUT2D eigenvalue weighted by molar-refractivity contribution is 7.21. The SMILES string of the molecule is Cn1c(Nc2nc3nccnc3s2)nc2ccccc21. The van der Waals surface area contributed by atoms with Crippen LogP contribution in [-0.2, 0) is 7.05 Å². The average Bonchev–Trinajstić information content (AvgIpc) is 3.01. The van der Waals surface area contributed by atoms with Gasteiger partial charge in [0.05, 0.1) is 11.0 Å². The second kappa shape index (κ2) is 4.24. The van der Waals surface area contributed by atoms with Gasteiger partial charge in [-0.25, -0.2) is 15.0 Å². The predicted octanol–water partition coefficient (Wildman–Crippen LogP) is 2.72. The van der Waals surface area contributed by atoms with E-state index in [4.69, 9.17) is 0 Å². The van der Waals surface area contributed by atoms with Crippen LogP contribution in [0.25, 0.3) is 21.5 Å². The maximum Gasteiger partial charge on any atom is 0.209 e. The second-order valence-corrected chi connectivity index (χ2v) is 5.29. The summed E-state index contributed by atoms with van der Waals surface area (Å²) in [4.78, 5) is 18.2. The van der Waals surface area contributed by atoms with Crippen molar-refractivity contribution in [2.24, 2.45) is 7.05 Å². The summed E-state index contributed by atoms with van der Waals surface area (Å²) in [5, 5.41) is 3.97. The zero-order valence-electron chi connectivity index (χ0n) is 10.6. The lowest BCUT2D eigenvalue weighted by Crippen LogP contribution is -1.98. The van der Waals surface area contributed by atoms with Gasteiger partial charge in [0.25, 0.3) is 0 Å². The van der Waals surface area contributed by atoms with E-state index in [0.717, 1.165) is 26.9 Å². The molecule has 6 nitrogen and oxygen atoms in total. The molecule has 0 spiro atoms. The van der Waals surface area contributed by atoms with E-state index in [0.29, 0.717) is 5.65 Å². The molecule has 0 unspecified atom stereocenters. The number of imidazole rings is 1. The van der Waals surface area contributed by atoms with E-state index >= 15 is 0 Å². The second-order valence-electron chi connectivity index (χ2n) is 4.31. The molecule has 0 bridgehead atoms. The Hall–Kier alpha value is -2.54. The number of benzene rings is 1. The van der Waals surface area contributed by atoms with Crippen molar-refractivity contribution in [2.75, 3.05) is 5.32 Å². The van der Waals surface area contributed by atoms with Crippen molar-refractivity contribution >= 4 is 43.9 Å². The molecule has 20 heavy (non-hydrogen) atoms. The van der Waals surface area contributed by atoms with Gasteiger partial charge in [0.1, 0.15) is 0 Å². The summed E-state index contributed by atoms with van der Waals surface area (Å²) in [5.41, 5.74) is 2.68. The largest absolute Gasteiger partial charge is 0.313 e. The molecule has 0 aliphatic carbocycles. The molecule has 0 atom stereocenters. The molecule has 1 aromatic carbocycles. The third kappa shape index (κ3) is 1.71. The Kier molecular flexibility index (Phi) is 2.40. The lowest BCUT2D eigenvalue weighted by atomic mass is 10.3. The molecule has 3 aromatic heterocycles. The first-order valence-electron chi connectivity index (χ1n) is 6.07. The number of hydrogen-bond donors (Lipinski definition) is 1. The Morgan fingerprint density at radius 2 is 1.95 bits per heavy atom. The third-order valence-electron chi connectivity index (χ3n) is 3.05. The van der Waals surface area contributed by atoms with E-state index in [1.165, 1.54) is 11.3 Å². The molecule has 0 saturated heterocycles. The van der Waals surface area contributed by atoms with Crippen molar-refractivity contribution in [3.05, 3.63) is 36.7 Å². The molecular formula is C13H10N6S. The number of aryl methyl sites for hydroxylation is 1. The first-order valence-corrected chi connectivity index (χ1v) is 6.89. The first-order chi connectivity index (χ1) is 9.81. The minimum absolute atomic E-state index is 0.652. The summed E-state index contributed by atoms with van der Waals surface area (Å²) in [5.74, 6) is 0.755. The van der Waals surface area contributed by atoms with Gasteiger partial charge in [0.2, 0.25) is 5.95 Å². The molecule has 0 saturated carbocycles. The summed E-state index contributed by atoms with van der Waals surface area (Å²) in [6.07, 6.45) is 3.31. The molecule has 0 amide bonds. The van der Waals surface area contributed by atoms with Crippen LogP contribution >= 0.6 is 11.3 Å². The van der Waals surface area contributed by atoms with Crippen LogP contribution in [0.3, 0.4) is 0 Å². The maximum absolute atomic E-state index is 4.56.